The van der Waals surface area contributed by atoms with E-state index in [4.69, 9.17) is 15.4 Å². The van der Waals surface area contributed by atoms with Crippen molar-refractivity contribution in [2.45, 2.75) is 0 Å². The molecule has 3 aromatic heterocycles. The highest BCUT2D eigenvalue weighted by Crippen LogP contribution is 2.41. The normalized spacial score (nSPS) is 14.4. The van der Waals surface area contributed by atoms with Gasteiger partial charge in [0.05, 0.1) is 45.5 Å². The molecule has 0 spiro atoms. The summed E-state index contributed by atoms with van der Waals surface area (Å²) >= 11 is 0. The second-order valence-electron chi connectivity index (χ2n) is 12.6. The molecular formula is C48H30N2O. The predicted octanol–water partition coefficient (Wildman–Crippen LogP) is 13.1. The third-order valence-electron chi connectivity index (χ3n) is 9.87. The lowest BCUT2D eigenvalue weighted by atomic mass is 9.98. The highest BCUT2D eigenvalue weighted by atomic mass is 16.3. The van der Waals surface area contributed by atoms with Crippen LogP contribution in [-0.4, -0.2) is 9.13 Å². The van der Waals surface area contributed by atoms with Gasteiger partial charge in [-0.3, -0.25) is 0 Å². The molecule has 0 aliphatic heterocycles. The number of para-hydroxylation sites is 3. The van der Waals surface area contributed by atoms with Crippen LogP contribution in [0.5, 0.6) is 0 Å². The molecule has 0 atom stereocenters. The molecule has 0 N–H and O–H groups in total. The Morgan fingerprint density at radius 1 is 0.412 bits per heavy atom. The average molecular weight is 660 g/mol. The summed E-state index contributed by atoms with van der Waals surface area (Å²) in [7, 11) is 0. The van der Waals surface area contributed by atoms with Crippen LogP contribution in [0.15, 0.2) is 186 Å². The summed E-state index contributed by atoms with van der Waals surface area (Å²) in [6.07, 6.45) is 0. The first-order valence-electron chi connectivity index (χ1n) is 21.2. The van der Waals surface area contributed by atoms with E-state index in [1.54, 1.807) is 12.1 Å². The van der Waals surface area contributed by atoms with Crippen molar-refractivity contribution < 1.29 is 16.8 Å². The quantitative estimate of drug-likeness (QED) is 0.184. The van der Waals surface area contributed by atoms with Gasteiger partial charge >= 0.3 is 0 Å². The molecule has 0 bridgehead atoms. The highest BCUT2D eigenvalue weighted by molar-refractivity contribution is 6.15. The highest BCUT2D eigenvalue weighted by Gasteiger charge is 2.20. The zero-order valence-electron chi connectivity index (χ0n) is 35.9. The van der Waals surface area contributed by atoms with E-state index in [0.29, 0.717) is 22.1 Å². The van der Waals surface area contributed by atoms with Gasteiger partial charge in [-0.15, -0.1) is 0 Å². The summed E-state index contributed by atoms with van der Waals surface area (Å²) in [6, 6.07) is 37.9. The molecule has 11 rings (SSSR count). The van der Waals surface area contributed by atoms with Crippen LogP contribution in [0, 0.1) is 0 Å². The minimum Gasteiger partial charge on any atom is -0.456 e. The SMILES string of the molecule is [2H]c1c([2H])c([2H])c(-c2c([2H])c([2H])c([2H])c(-c3ccc4oc5cccc(-n6c7ccccc7c7ccc(-n8c9ccccc9c9ccccc98)cc76)c5c4c3)c2[2H])c([2H])c1[2H]. The predicted molar refractivity (Wildman–Crippen MR) is 213 cm³/mol. The van der Waals surface area contributed by atoms with Crippen molar-refractivity contribution in [1.29, 1.82) is 0 Å². The molecule has 238 valence electrons. The fraction of sp³-hybridized carbons (Fsp3) is 0. The third kappa shape index (κ3) is 4.19. The molecule has 3 heteroatoms. The van der Waals surface area contributed by atoms with E-state index in [9.17, 15) is 1.37 Å². The van der Waals surface area contributed by atoms with Crippen molar-refractivity contribution in [3.05, 3.63) is 182 Å². The van der Waals surface area contributed by atoms with Crippen LogP contribution < -0.4 is 0 Å². The van der Waals surface area contributed by atoms with Crippen LogP contribution >= 0.6 is 0 Å². The van der Waals surface area contributed by atoms with E-state index in [0.717, 1.165) is 49.6 Å². The van der Waals surface area contributed by atoms with E-state index in [-0.39, 0.29) is 28.8 Å². The van der Waals surface area contributed by atoms with Crippen molar-refractivity contribution >= 4 is 65.6 Å². The zero-order chi connectivity index (χ0) is 41.3. The van der Waals surface area contributed by atoms with E-state index in [2.05, 4.69) is 88.0 Å². The third-order valence-corrected chi connectivity index (χ3v) is 9.87. The van der Waals surface area contributed by atoms with Gasteiger partial charge in [-0.1, -0.05) is 121 Å². The van der Waals surface area contributed by atoms with Crippen LogP contribution in [0.1, 0.15) is 12.3 Å². The van der Waals surface area contributed by atoms with Crippen molar-refractivity contribution in [2.24, 2.45) is 0 Å². The first-order chi connectivity index (χ1) is 29.0. The minimum absolute atomic E-state index is 0.000719. The maximum Gasteiger partial charge on any atom is 0.137 e. The molecule has 3 heterocycles. The van der Waals surface area contributed by atoms with Crippen molar-refractivity contribution in [3.8, 4) is 33.6 Å². The molecule has 0 saturated carbocycles. The topological polar surface area (TPSA) is 23.0 Å². The van der Waals surface area contributed by atoms with Gasteiger partial charge in [0.2, 0.25) is 0 Å². The Balaban J connectivity index is 1.18. The molecule has 0 saturated heterocycles. The fourth-order valence-corrected chi connectivity index (χ4v) is 7.70. The summed E-state index contributed by atoms with van der Waals surface area (Å²) in [4.78, 5) is 0. The Labute approximate surface area is 306 Å². The Bertz CT molecular complexity index is 3590. The van der Waals surface area contributed by atoms with E-state index in [1.165, 1.54) is 10.8 Å². The average Bonchev–Trinajstić information content (AvgIpc) is 3.93. The van der Waals surface area contributed by atoms with Gasteiger partial charge in [-0.25, -0.2) is 0 Å². The molecule has 8 aromatic carbocycles. The smallest absolute Gasteiger partial charge is 0.137 e. The molecule has 51 heavy (non-hydrogen) atoms. The van der Waals surface area contributed by atoms with Crippen LogP contribution in [0.2, 0.25) is 0 Å². The van der Waals surface area contributed by atoms with E-state index < -0.39 is 42.3 Å². The largest absolute Gasteiger partial charge is 0.456 e. The van der Waals surface area contributed by atoms with Gasteiger partial charge in [0.15, 0.2) is 0 Å². The molecule has 0 fully saturated rings. The summed E-state index contributed by atoms with van der Waals surface area (Å²) in [6.45, 7) is 0. The Hall–Kier alpha value is -6.84. The molecule has 3 nitrogen and oxygen atoms in total. The van der Waals surface area contributed by atoms with Crippen molar-refractivity contribution in [2.75, 3.05) is 0 Å². The Kier molecular flexibility index (Phi) is 4.38. The number of nitrogens with zero attached hydrogens (tertiary/aromatic N) is 2. The maximum atomic E-state index is 9.35. The van der Waals surface area contributed by atoms with Crippen LogP contribution in [0.3, 0.4) is 0 Å². The number of hydrogen-bond donors (Lipinski definition) is 0. The van der Waals surface area contributed by atoms with Crippen LogP contribution in [-0.2, 0) is 0 Å². The van der Waals surface area contributed by atoms with Gasteiger partial charge in [0, 0.05) is 32.6 Å². The number of fused-ring (bicyclic) bond motifs is 9. The molecule has 0 amide bonds. The Morgan fingerprint density at radius 2 is 1.04 bits per heavy atom. The van der Waals surface area contributed by atoms with Gasteiger partial charge < -0.3 is 13.6 Å². The zero-order valence-corrected chi connectivity index (χ0v) is 26.9. The second-order valence-corrected chi connectivity index (χ2v) is 12.6. The molecule has 0 radical (unpaired) electrons. The number of furan rings is 1. The minimum atomic E-state index is -0.612. The number of rotatable bonds is 4. The summed E-state index contributed by atoms with van der Waals surface area (Å²) < 4.78 is 88.7. The first kappa shape index (κ1) is 20.6. The molecule has 0 unspecified atom stereocenters. The summed E-state index contributed by atoms with van der Waals surface area (Å²) in [5, 5.41) is 5.95. The van der Waals surface area contributed by atoms with E-state index >= 15 is 0 Å². The lowest BCUT2D eigenvalue weighted by Crippen LogP contribution is -1.97. The molecule has 0 aliphatic rings. The van der Waals surface area contributed by atoms with Gasteiger partial charge in [-0.05, 0) is 82.9 Å². The molecule has 0 aliphatic carbocycles. The number of aromatic nitrogens is 2. The van der Waals surface area contributed by atoms with Gasteiger partial charge in [0.25, 0.3) is 0 Å². The summed E-state index contributed by atoms with van der Waals surface area (Å²) in [5.41, 5.74) is 6.90. The monoisotopic (exact) mass is 659 g/mol. The van der Waals surface area contributed by atoms with Gasteiger partial charge in [0.1, 0.15) is 11.2 Å². The standard InChI is InChI=1S/C48H30N2O/c1-2-12-31(13-3-1)32-14-10-15-33(28-32)34-24-27-46-40(29-34)48-44(22-11-23-47(48)51-46)50-43-21-9-6-18-38(43)39-26-25-35(30-45(39)50)49-41-19-7-4-16-36(41)37-17-5-8-20-42(37)49/h1-30H/i1D,2D,3D,10D,12D,13D,14D,15D,28D. The summed E-state index contributed by atoms with van der Waals surface area (Å²) in [5.74, 6) is 0. The Morgan fingerprint density at radius 3 is 1.76 bits per heavy atom. The maximum absolute atomic E-state index is 9.35. The van der Waals surface area contributed by atoms with Crippen LogP contribution in [0.4, 0.5) is 0 Å². The van der Waals surface area contributed by atoms with Crippen molar-refractivity contribution in [1.82, 2.24) is 9.13 Å². The van der Waals surface area contributed by atoms with Crippen molar-refractivity contribution in [3.63, 3.8) is 0 Å². The lowest BCUT2D eigenvalue weighted by molar-refractivity contribution is 0.669. The van der Waals surface area contributed by atoms with E-state index in [1.807, 2.05) is 36.4 Å². The lowest BCUT2D eigenvalue weighted by Gasteiger charge is -2.12. The molecular weight excluding hydrogens is 621 g/mol. The second kappa shape index (κ2) is 10.8. The number of benzene rings is 8. The first-order valence-corrected chi connectivity index (χ1v) is 16.7. The molecule has 11 aromatic rings. The fourth-order valence-electron chi connectivity index (χ4n) is 7.70. The van der Waals surface area contributed by atoms with Crippen LogP contribution in [0.25, 0.3) is 99.2 Å². The van der Waals surface area contributed by atoms with Gasteiger partial charge in [-0.2, -0.15) is 0 Å². The number of hydrogen-bond acceptors (Lipinski definition) is 1.